The number of hydrogen-bond donors (Lipinski definition) is 1. The first-order valence-electron chi connectivity index (χ1n) is 10.6. The van der Waals surface area contributed by atoms with Crippen molar-refractivity contribution in [1.82, 2.24) is 20.2 Å². The smallest absolute Gasteiger partial charge is 0.250 e. The third-order valence-corrected chi connectivity index (χ3v) is 6.47. The van der Waals surface area contributed by atoms with Gasteiger partial charge in [-0.3, -0.25) is 9.36 Å². The number of halogens is 2. The molecule has 1 amide bonds. The molecule has 1 heterocycles. The second kappa shape index (κ2) is 11.9. The van der Waals surface area contributed by atoms with Crippen LogP contribution < -0.4 is 14.9 Å². The van der Waals surface area contributed by atoms with E-state index in [9.17, 15) is 4.79 Å². The van der Waals surface area contributed by atoms with Gasteiger partial charge in [-0.15, -0.1) is 10.2 Å². The van der Waals surface area contributed by atoms with Crippen molar-refractivity contribution < 1.29 is 14.3 Å². The number of hydrazone groups is 1. The van der Waals surface area contributed by atoms with Crippen molar-refractivity contribution in [3.05, 3.63) is 82.3 Å². The molecule has 184 valence electrons. The van der Waals surface area contributed by atoms with Gasteiger partial charge in [0.05, 0.1) is 31.2 Å². The van der Waals surface area contributed by atoms with Crippen LogP contribution in [0.5, 0.6) is 11.5 Å². The van der Waals surface area contributed by atoms with Crippen LogP contribution in [-0.2, 0) is 4.79 Å². The van der Waals surface area contributed by atoms with Crippen LogP contribution >= 0.6 is 35.0 Å². The van der Waals surface area contributed by atoms with E-state index in [4.69, 9.17) is 32.7 Å². The highest BCUT2D eigenvalue weighted by Crippen LogP contribution is 2.34. The predicted octanol–water partition coefficient (Wildman–Crippen LogP) is 5.50. The number of rotatable bonds is 9. The molecule has 0 spiro atoms. The fourth-order valence-corrected chi connectivity index (χ4v) is 4.48. The van der Waals surface area contributed by atoms with Gasteiger partial charge in [0.15, 0.2) is 22.5 Å². The molecule has 0 saturated heterocycles. The molecular formula is C25H21Cl2N5O3S. The number of carbonyl (C=O) groups excluding carboxylic acids is 1. The lowest BCUT2D eigenvalue weighted by Crippen LogP contribution is -2.20. The predicted molar refractivity (Wildman–Crippen MR) is 143 cm³/mol. The average molecular weight is 542 g/mol. The van der Waals surface area contributed by atoms with Gasteiger partial charge in [0.25, 0.3) is 5.91 Å². The Hall–Kier alpha value is -3.53. The zero-order chi connectivity index (χ0) is 25.5. The number of ether oxygens (including phenoxy) is 2. The Labute approximate surface area is 222 Å². The summed E-state index contributed by atoms with van der Waals surface area (Å²) in [6, 6.07) is 20.2. The molecule has 4 rings (SSSR count). The number of benzene rings is 3. The lowest BCUT2D eigenvalue weighted by molar-refractivity contribution is -0.118. The molecule has 0 aliphatic carbocycles. The van der Waals surface area contributed by atoms with Gasteiger partial charge in [-0.25, -0.2) is 5.43 Å². The second-order valence-corrected chi connectivity index (χ2v) is 9.08. The fourth-order valence-electron chi connectivity index (χ4n) is 3.28. The standard InChI is InChI=1S/C25H21Cl2N5O3S/c1-34-21-11-9-16(12-22(21)35-2)24-30-31-25(32(24)19-6-4-3-5-7-19)36-15-23(33)29-28-14-17-8-10-18(26)13-20(17)27/h3-14H,15H2,1-2H3,(H,29,33)/b28-14-. The highest BCUT2D eigenvalue weighted by atomic mass is 35.5. The number of para-hydroxylation sites is 1. The SMILES string of the molecule is COc1ccc(-c2nnc(SCC(=O)N/N=C\c3ccc(Cl)cc3Cl)n2-c2ccccc2)cc1OC. The molecule has 1 aromatic heterocycles. The molecule has 36 heavy (non-hydrogen) atoms. The first-order chi connectivity index (χ1) is 17.5. The Balaban J connectivity index is 1.54. The average Bonchev–Trinajstić information content (AvgIpc) is 3.32. The molecule has 0 saturated carbocycles. The lowest BCUT2D eigenvalue weighted by atomic mass is 10.2. The van der Waals surface area contributed by atoms with E-state index in [0.29, 0.717) is 38.1 Å². The maximum atomic E-state index is 12.4. The van der Waals surface area contributed by atoms with Gasteiger partial charge < -0.3 is 9.47 Å². The molecule has 4 aromatic rings. The number of hydrogen-bond acceptors (Lipinski definition) is 7. The molecule has 11 heteroatoms. The number of thioether (sulfide) groups is 1. The summed E-state index contributed by atoms with van der Waals surface area (Å²) < 4.78 is 12.7. The summed E-state index contributed by atoms with van der Waals surface area (Å²) in [6.07, 6.45) is 1.46. The number of nitrogens with one attached hydrogen (secondary N) is 1. The van der Waals surface area contributed by atoms with Gasteiger partial charge in [0.2, 0.25) is 0 Å². The van der Waals surface area contributed by atoms with E-state index < -0.39 is 0 Å². The van der Waals surface area contributed by atoms with Crippen LogP contribution in [0.15, 0.2) is 77.0 Å². The van der Waals surface area contributed by atoms with E-state index in [0.717, 1.165) is 11.3 Å². The Kier molecular flexibility index (Phi) is 8.48. The van der Waals surface area contributed by atoms with Crippen LogP contribution in [-0.4, -0.2) is 46.9 Å². The lowest BCUT2D eigenvalue weighted by Gasteiger charge is -2.12. The van der Waals surface area contributed by atoms with Gasteiger partial charge in [0.1, 0.15) is 0 Å². The molecule has 0 atom stereocenters. The van der Waals surface area contributed by atoms with Crippen LogP contribution in [0, 0.1) is 0 Å². The van der Waals surface area contributed by atoms with Crippen LogP contribution in [0.1, 0.15) is 5.56 Å². The fraction of sp³-hybridized carbons (Fsp3) is 0.120. The summed E-state index contributed by atoms with van der Waals surface area (Å²) in [4.78, 5) is 12.4. The third-order valence-electron chi connectivity index (χ3n) is 4.98. The van der Waals surface area contributed by atoms with Crippen LogP contribution in [0.2, 0.25) is 10.0 Å². The largest absolute Gasteiger partial charge is 0.493 e. The zero-order valence-electron chi connectivity index (χ0n) is 19.3. The Morgan fingerprint density at radius 1 is 1.03 bits per heavy atom. The number of nitrogens with zero attached hydrogens (tertiary/aromatic N) is 4. The molecule has 0 fully saturated rings. The second-order valence-electron chi connectivity index (χ2n) is 7.29. The number of aromatic nitrogens is 3. The van der Waals surface area contributed by atoms with Crippen molar-refractivity contribution in [2.24, 2.45) is 5.10 Å². The number of amides is 1. The maximum Gasteiger partial charge on any atom is 0.250 e. The van der Waals surface area contributed by atoms with E-state index in [2.05, 4.69) is 20.7 Å². The Morgan fingerprint density at radius 3 is 2.53 bits per heavy atom. The minimum absolute atomic E-state index is 0.0720. The van der Waals surface area contributed by atoms with E-state index in [1.165, 1.54) is 18.0 Å². The quantitative estimate of drug-likeness (QED) is 0.171. The first kappa shape index (κ1) is 25.6. The molecule has 3 aromatic carbocycles. The molecule has 0 aliphatic rings. The van der Waals surface area contributed by atoms with Crippen molar-refractivity contribution in [2.75, 3.05) is 20.0 Å². The van der Waals surface area contributed by atoms with Gasteiger partial charge in [-0.05, 0) is 42.5 Å². The maximum absolute atomic E-state index is 12.4. The van der Waals surface area contributed by atoms with Gasteiger partial charge in [0, 0.05) is 21.8 Å². The molecule has 1 N–H and O–H groups in total. The molecule has 0 aliphatic heterocycles. The van der Waals surface area contributed by atoms with Crippen molar-refractivity contribution in [3.8, 4) is 28.6 Å². The summed E-state index contributed by atoms with van der Waals surface area (Å²) >= 11 is 13.3. The molecule has 0 unspecified atom stereocenters. The zero-order valence-corrected chi connectivity index (χ0v) is 21.6. The third kappa shape index (κ3) is 5.99. The molecule has 0 bridgehead atoms. The number of carbonyl (C=O) groups is 1. The summed E-state index contributed by atoms with van der Waals surface area (Å²) in [5, 5.41) is 14.2. The van der Waals surface area contributed by atoms with Crippen LogP contribution in [0.25, 0.3) is 17.1 Å². The summed E-state index contributed by atoms with van der Waals surface area (Å²) in [6.45, 7) is 0. The Bertz CT molecular complexity index is 1400. The summed E-state index contributed by atoms with van der Waals surface area (Å²) in [5.74, 6) is 1.54. The summed E-state index contributed by atoms with van der Waals surface area (Å²) in [5.41, 5.74) is 4.77. The van der Waals surface area contributed by atoms with Crippen LogP contribution in [0.3, 0.4) is 0 Å². The minimum atomic E-state index is -0.309. The highest BCUT2D eigenvalue weighted by molar-refractivity contribution is 7.99. The van der Waals surface area contributed by atoms with Gasteiger partial charge >= 0.3 is 0 Å². The van der Waals surface area contributed by atoms with E-state index in [1.54, 1.807) is 32.4 Å². The molecule has 8 nitrogen and oxygen atoms in total. The van der Waals surface area contributed by atoms with Gasteiger partial charge in [-0.1, -0.05) is 59.2 Å². The number of methoxy groups -OCH3 is 2. The topological polar surface area (TPSA) is 90.6 Å². The van der Waals surface area contributed by atoms with Crippen molar-refractivity contribution in [1.29, 1.82) is 0 Å². The van der Waals surface area contributed by atoms with E-state index in [1.807, 2.05) is 53.1 Å². The molecular weight excluding hydrogens is 521 g/mol. The minimum Gasteiger partial charge on any atom is -0.493 e. The van der Waals surface area contributed by atoms with Gasteiger partial charge in [-0.2, -0.15) is 5.10 Å². The first-order valence-corrected chi connectivity index (χ1v) is 12.4. The van der Waals surface area contributed by atoms with Crippen molar-refractivity contribution >= 4 is 47.1 Å². The van der Waals surface area contributed by atoms with Crippen LogP contribution in [0.4, 0.5) is 0 Å². The normalized spacial score (nSPS) is 11.0. The summed E-state index contributed by atoms with van der Waals surface area (Å²) in [7, 11) is 3.16. The van der Waals surface area contributed by atoms with Crippen molar-refractivity contribution in [3.63, 3.8) is 0 Å². The van der Waals surface area contributed by atoms with E-state index in [-0.39, 0.29) is 11.7 Å². The highest BCUT2D eigenvalue weighted by Gasteiger charge is 2.18. The molecule has 0 radical (unpaired) electrons. The monoisotopic (exact) mass is 541 g/mol. The van der Waals surface area contributed by atoms with E-state index >= 15 is 0 Å². The Morgan fingerprint density at radius 2 is 1.81 bits per heavy atom. The van der Waals surface area contributed by atoms with Crippen molar-refractivity contribution in [2.45, 2.75) is 5.16 Å².